The van der Waals surface area contributed by atoms with E-state index in [2.05, 4.69) is 15.4 Å². The molecule has 0 radical (unpaired) electrons. The summed E-state index contributed by atoms with van der Waals surface area (Å²) in [5.41, 5.74) is -3.04. The zero-order chi connectivity index (χ0) is 20.5. The van der Waals surface area contributed by atoms with Gasteiger partial charge in [0.05, 0.1) is 16.2 Å². The highest BCUT2D eigenvalue weighted by Gasteiger charge is 2.42. The minimum absolute atomic E-state index is 0.0270. The minimum atomic E-state index is -2.81. The number of nitrogens with one attached hydrogen (secondary N) is 2. The van der Waals surface area contributed by atoms with Gasteiger partial charge in [-0.3, -0.25) is 14.6 Å². The molecule has 1 aliphatic rings. The number of carbonyl (C=O) groups is 1. The Hall–Kier alpha value is -2.66. The Morgan fingerprint density at radius 1 is 1.29 bits per heavy atom. The molecule has 1 fully saturated rings. The molecule has 12 heteroatoms. The van der Waals surface area contributed by atoms with Crippen LogP contribution in [-0.2, 0) is 0 Å². The highest BCUT2D eigenvalue weighted by Crippen LogP contribution is 2.38. The van der Waals surface area contributed by atoms with Crippen molar-refractivity contribution in [3.8, 4) is 5.82 Å². The highest BCUT2D eigenvalue weighted by atomic mass is 35.5. The lowest BCUT2D eigenvalue weighted by molar-refractivity contribution is -0.101. The van der Waals surface area contributed by atoms with Gasteiger partial charge in [0.15, 0.2) is 5.82 Å². The van der Waals surface area contributed by atoms with Crippen LogP contribution in [0.25, 0.3) is 5.82 Å². The molecule has 0 aromatic carbocycles. The molecule has 28 heavy (non-hydrogen) atoms. The zero-order valence-corrected chi connectivity index (χ0v) is 15.2. The van der Waals surface area contributed by atoms with Crippen molar-refractivity contribution < 1.29 is 18.7 Å². The number of pyridine rings is 1. The molecule has 0 unspecified atom stereocenters. The summed E-state index contributed by atoms with van der Waals surface area (Å²) in [5.74, 6) is -3.56. The molecule has 2 aromatic heterocycles. The second-order valence-corrected chi connectivity index (χ2v) is 7.04. The third-order valence-corrected chi connectivity index (χ3v) is 4.81. The maximum atomic E-state index is 13.2. The number of H-pyrrole nitrogens is 1. The van der Waals surface area contributed by atoms with Crippen molar-refractivity contribution in [1.29, 1.82) is 0 Å². The SMILES string of the molecule is O=C(NCC1(O)CCC(F)(F)CC1)c1cc(-n2ncc(=O)[nH]c2=O)ncc1Cl. The van der Waals surface area contributed by atoms with Crippen LogP contribution in [0.3, 0.4) is 0 Å². The third-order valence-electron chi connectivity index (χ3n) is 4.51. The molecule has 0 saturated heterocycles. The van der Waals surface area contributed by atoms with Gasteiger partial charge in [-0.1, -0.05) is 11.6 Å². The van der Waals surface area contributed by atoms with Crippen molar-refractivity contribution in [3.05, 3.63) is 49.9 Å². The first-order chi connectivity index (χ1) is 13.1. The summed E-state index contributed by atoms with van der Waals surface area (Å²) in [6, 6.07) is 1.18. The van der Waals surface area contributed by atoms with E-state index in [0.29, 0.717) is 0 Å². The monoisotopic (exact) mass is 415 g/mol. The summed E-state index contributed by atoms with van der Waals surface area (Å²) in [6.07, 6.45) is 0.784. The molecular weight excluding hydrogens is 400 g/mol. The van der Waals surface area contributed by atoms with E-state index in [1.165, 1.54) is 6.07 Å². The van der Waals surface area contributed by atoms with Crippen LogP contribution in [0.4, 0.5) is 8.78 Å². The van der Waals surface area contributed by atoms with E-state index in [9.17, 15) is 28.3 Å². The van der Waals surface area contributed by atoms with Crippen molar-refractivity contribution in [3.63, 3.8) is 0 Å². The van der Waals surface area contributed by atoms with E-state index in [1.54, 1.807) is 0 Å². The van der Waals surface area contributed by atoms with Crippen LogP contribution in [0.5, 0.6) is 0 Å². The predicted molar refractivity (Wildman–Crippen MR) is 94.0 cm³/mol. The van der Waals surface area contributed by atoms with Gasteiger partial charge in [0, 0.05) is 25.6 Å². The lowest BCUT2D eigenvalue weighted by atomic mass is 9.82. The number of aromatic nitrogens is 4. The highest BCUT2D eigenvalue weighted by molar-refractivity contribution is 6.33. The Morgan fingerprint density at radius 3 is 2.61 bits per heavy atom. The van der Waals surface area contributed by atoms with Crippen LogP contribution < -0.4 is 16.6 Å². The Bertz CT molecular complexity index is 1010. The molecule has 0 atom stereocenters. The Labute approximate surface area is 161 Å². The Kier molecular flexibility index (Phi) is 5.31. The first-order valence-corrected chi connectivity index (χ1v) is 8.69. The first kappa shape index (κ1) is 20.1. The van der Waals surface area contributed by atoms with Gasteiger partial charge in [0.25, 0.3) is 11.5 Å². The molecule has 1 aliphatic carbocycles. The fraction of sp³-hybridized carbons (Fsp3) is 0.438. The molecule has 1 amide bonds. The van der Waals surface area contributed by atoms with E-state index in [0.717, 1.165) is 17.1 Å². The van der Waals surface area contributed by atoms with Crippen molar-refractivity contribution >= 4 is 17.5 Å². The van der Waals surface area contributed by atoms with Gasteiger partial charge in [0.1, 0.15) is 6.20 Å². The number of alkyl halides is 2. The fourth-order valence-electron chi connectivity index (χ4n) is 2.83. The number of aromatic amines is 1. The van der Waals surface area contributed by atoms with Gasteiger partial charge < -0.3 is 10.4 Å². The van der Waals surface area contributed by atoms with Crippen LogP contribution >= 0.6 is 11.6 Å². The lowest BCUT2D eigenvalue weighted by Gasteiger charge is -2.35. The summed E-state index contributed by atoms with van der Waals surface area (Å²) in [4.78, 5) is 41.3. The summed E-state index contributed by atoms with van der Waals surface area (Å²) in [5, 5.41) is 16.5. The Balaban J connectivity index is 1.77. The number of amides is 1. The molecule has 3 rings (SSSR count). The average molecular weight is 416 g/mol. The molecule has 2 aromatic rings. The fourth-order valence-corrected chi connectivity index (χ4v) is 3.02. The van der Waals surface area contributed by atoms with Crippen molar-refractivity contribution in [2.24, 2.45) is 0 Å². The Morgan fingerprint density at radius 2 is 1.96 bits per heavy atom. The second-order valence-electron chi connectivity index (χ2n) is 6.64. The topological polar surface area (TPSA) is 130 Å². The summed E-state index contributed by atoms with van der Waals surface area (Å²) < 4.78 is 27.3. The number of aliphatic hydroxyl groups is 1. The van der Waals surface area contributed by atoms with Gasteiger partial charge in [-0.25, -0.2) is 18.6 Å². The minimum Gasteiger partial charge on any atom is -0.388 e. The van der Waals surface area contributed by atoms with Gasteiger partial charge in [-0.05, 0) is 18.9 Å². The van der Waals surface area contributed by atoms with E-state index in [4.69, 9.17) is 11.6 Å². The molecule has 3 N–H and O–H groups in total. The molecule has 150 valence electrons. The normalized spacial score (nSPS) is 17.9. The first-order valence-electron chi connectivity index (χ1n) is 8.32. The van der Waals surface area contributed by atoms with Crippen LogP contribution in [0.15, 0.2) is 28.0 Å². The van der Waals surface area contributed by atoms with Gasteiger partial charge in [-0.2, -0.15) is 9.78 Å². The lowest BCUT2D eigenvalue weighted by Crippen LogP contribution is -2.47. The van der Waals surface area contributed by atoms with Crippen molar-refractivity contribution in [2.75, 3.05) is 6.54 Å². The van der Waals surface area contributed by atoms with Crippen molar-refractivity contribution in [1.82, 2.24) is 25.1 Å². The summed E-state index contributed by atoms with van der Waals surface area (Å²) >= 11 is 5.99. The smallest absolute Gasteiger partial charge is 0.351 e. The van der Waals surface area contributed by atoms with Crippen LogP contribution in [-0.4, -0.2) is 48.8 Å². The number of hydrogen-bond donors (Lipinski definition) is 3. The number of rotatable bonds is 4. The molecule has 0 spiro atoms. The van der Waals surface area contributed by atoms with E-state index < -0.39 is 41.5 Å². The number of hydrogen-bond acceptors (Lipinski definition) is 6. The molecule has 2 heterocycles. The van der Waals surface area contributed by atoms with Crippen LogP contribution in [0.1, 0.15) is 36.0 Å². The van der Waals surface area contributed by atoms with E-state index in [1.807, 2.05) is 4.98 Å². The zero-order valence-electron chi connectivity index (χ0n) is 14.4. The van der Waals surface area contributed by atoms with E-state index in [-0.39, 0.29) is 35.8 Å². The second kappa shape index (κ2) is 7.40. The van der Waals surface area contributed by atoms with Gasteiger partial charge in [-0.15, -0.1) is 0 Å². The average Bonchev–Trinajstić information content (AvgIpc) is 2.64. The maximum absolute atomic E-state index is 13.2. The summed E-state index contributed by atoms with van der Waals surface area (Å²) in [7, 11) is 0. The summed E-state index contributed by atoms with van der Waals surface area (Å²) in [6.45, 7) is -0.229. The third kappa shape index (κ3) is 4.42. The van der Waals surface area contributed by atoms with E-state index >= 15 is 0 Å². The predicted octanol–water partition coefficient (Wildman–Crippen LogP) is 0.639. The van der Waals surface area contributed by atoms with Gasteiger partial charge in [0.2, 0.25) is 5.92 Å². The number of halogens is 3. The molecular formula is C16H16ClF2N5O4. The quantitative estimate of drug-likeness (QED) is 0.671. The number of carbonyl (C=O) groups excluding carboxylic acids is 1. The molecule has 9 nitrogen and oxygen atoms in total. The molecule has 0 bridgehead atoms. The van der Waals surface area contributed by atoms with Crippen LogP contribution in [0, 0.1) is 0 Å². The number of nitrogens with zero attached hydrogens (tertiary/aromatic N) is 3. The maximum Gasteiger partial charge on any atom is 0.351 e. The molecule has 1 saturated carbocycles. The largest absolute Gasteiger partial charge is 0.388 e. The standard InChI is InChI=1S/C16H16ClF2N5O4/c17-10-6-20-11(24-14(27)23-12(25)7-22-24)5-9(10)13(26)21-8-15(28)1-3-16(18,19)4-2-15/h5-7,28H,1-4,8H2,(H,21,26)(H,23,25,27). The van der Waals surface area contributed by atoms with Gasteiger partial charge >= 0.3 is 5.69 Å². The van der Waals surface area contributed by atoms with Crippen LogP contribution in [0.2, 0.25) is 5.02 Å². The molecule has 0 aliphatic heterocycles. The van der Waals surface area contributed by atoms with Crippen molar-refractivity contribution in [2.45, 2.75) is 37.2 Å².